The zero-order valence-electron chi connectivity index (χ0n) is 19.5. The van der Waals surface area contributed by atoms with Gasteiger partial charge in [-0.05, 0) is 17.7 Å². The molecule has 0 spiro atoms. The number of carbonyl (C=O) groups is 3. The van der Waals surface area contributed by atoms with E-state index in [1.54, 1.807) is 23.2 Å². The summed E-state index contributed by atoms with van der Waals surface area (Å²) in [6.07, 6.45) is 1.74. The second kappa shape index (κ2) is 11.6. The SMILES string of the molecule is COc1cc(CC(=O)N2CCN([n+]3cc(NC(=O)CSC(C)=O)on3)CC2)cc(OC)c1OC. The maximum Gasteiger partial charge on any atom is 0.305 e. The van der Waals surface area contributed by atoms with Crippen LogP contribution < -0.4 is 29.3 Å². The smallest absolute Gasteiger partial charge is 0.305 e. The molecule has 184 valence electrons. The van der Waals surface area contributed by atoms with Gasteiger partial charge in [0.15, 0.2) is 16.6 Å². The van der Waals surface area contributed by atoms with Gasteiger partial charge in [-0.15, -0.1) is 5.01 Å². The number of nitrogens with one attached hydrogen (secondary N) is 1. The molecule has 13 heteroatoms. The molecule has 2 heterocycles. The van der Waals surface area contributed by atoms with Crippen LogP contribution in [0.4, 0.5) is 5.88 Å². The fourth-order valence-electron chi connectivity index (χ4n) is 3.44. The van der Waals surface area contributed by atoms with E-state index < -0.39 is 0 Å². The summed E-state index contributed by atoms with van der Waals surface area (Å²) >= 11 is 0.915. The van der Waals surface area contributed by atoms with Crippen LogP contribution in [-0.2, 0) is 20.8 Å². The number of benzene rings is 1. The van der Waals surface area contributed by atoms with Crippen LogP contribution in [0, 0.1) is 0 Å². The first-order chi connectivity index (χ1) is 16.3. The zero-order valence-corrected chi connectivity index (χ0v) is 20.3. The first-order valence-corrected chi connectivity index (χ1v) is 11.5. The number of nitrogens with zero attached hydrogens (tertiary/aromatic N) is 4. The Bertz CT molecular complexity index is 1010. The lowest BCUT2D eigenvalue weighted by atomic mass is 10.1. The molecule has 0 unspecified atom stereocenters. The third-order valence-electron chi connectivity index (χ3n) is 5.10. The molecule has 1 N–H and O–H groups in total. The van der Waals surface area contributed by atoms with Crippen molar-refractivity contribution in [2.24, 2.45) is 0 Å². The molecule has 0 aliphatic carbocycles. The van der Waals surface area contributed by atoms with Gasteiger partial charge in [0, 0.05) is 20.0 Å². The first kappa shape index (κ1) is 25.1. The summed E-state index contributed by atoms with van der Waals surface area (Å²) in [4.78, 5) is 38.9. The maximum atomic E-state index is 12.9. The fourth-order valence-corrected chi connectivity index (χ4v) is 3.85. The summed E-state index contributed by atoms with van der Waals surface area (Å²) < 4.78 is 21.2. The number of aromatic nitrogens is 2. The Balaban J connectivity index is 1.54. The van der Waals surface area contributed by atoms with Gasteiger partial charge in [0.2, 0.25) is 22.8 Å². The van der Waals surface area contributed by atoms with Crippen molar-refractivity contribution in [2.45, 2.75) is 13.3 Å². The molecule has 34 heavy (non-hydrogen) atoms. The Kier molecular flexibility index (Phi) is 8.57. The molecule has 1 aromatic carbocycles. The van der Waals surface area contributed by atoms with Crippen molar-refractivity contribution < 1.29 is 37.9 Å². The van der Waals surface area contributed by atoms with Crippen LogP contribution in [-0.4, -0.2) is 80.4 Å². The standard InChI is InChI=1S/C21H27N5O7S/c1-14(27)34-13-18(28)22-19-12-26(23-33-19)25-7-5-24(6-8-25)20(29)11-15-9-16(30-2)21(32-4)17(10-15)31-3/h9-10,12H,5-8,11,13H2,1-4H3/p+1. The highest BCUT2D eigenvalue weighted by Gasteiger charge is 2.29. The van der Waals surface area contributed by atoms with Crippen LogP contribution in [0.15, 0.2) is 22.9 Å². The van der Waals surface area contributed by atoms with E-state index >= 15 is 0 Å². The number of thioether (sulfide) groups is 1. The van der Waals surface area contributed by atoms with Gasteiger partial charge in [0.05, 0.1) is 51.4 Å². The number of hydrogen-bond acceptors (Lipinski definition) is 10. The number of ether oxygens (including phenoxy) is 3. The largest absolute Gasteiger partial charge is 0.493 e. The van der Waals surface area contributed by atoms with Crippen molar-refractivity contribution in [3.8, 4) is 17.2 Å². The molecule has 1 aliphatic heterocycles. The molecule has 0 atom stereocenters. The number of carbonyl (C=O) groups excluding carboxylic acids is 3. The van der Waals surface area contributed by atoms with E-state index in [0.717, 1.165) is 17.3 Å². The van der Waals surface area contributed by atoms with Gasteiger partial charge in [-0.25, -0.2) is 0 Å². The lowest BCUT2D eigenvalue weighted by Gasteiger charge is -2.30. The number of anilines is 1. The minimum absolute atomic E-state index is 0.00274. The van der Waals surface area contributed by atoms with Crippen LogP contribution in [0.5, 0.6) is 17.2 Å². The highest BCUT2D eigenvalue weighted by atomic mass is 32.2. The minimum atomic E-state index is -0.356. The summed E-state index contributed by atoms with van der Waals surface area (Å²) in [5.41, 5.74) is 0.760. The Morgan fingerprint density at radius 2 is 1.74 bits per heavy atom. The molecule has 0 radical (unpaired) electrons. The van der Waals surface area contributed by atoms with E-state index in [1.165, 1.54) is 33.0 Å². The second-order valence-electron chi connectivity index (χ2n) is 7.36. The van der Waals surface area contributed by atoms with Gasteiger partial charge in [-0.3, -0.25) is 24.2 Å². The molecular weight excluding hydrogens is 466 g/mol. The van der Waals surface area contributed by atoms with Gasteiger partial charge in [0.25, 0.3) is 6.20 Å². The summed E-state index contributed by atoms with van der Waals surface area (Å²) in [6, 6.07) is 3.54. The molecule has 2 amide bonds. The van der Waals surface area contributed by atoms with E-state index in [4.69, 9.17) is 18.7 Å². The third kappa shape index (κ3) is 6.31. The first-order valence-electron chi connectivity index (χ1n) is 10.5. The lowest BCUT2D eigenvalue weighted by Crippen LogP contribution is -2.66. The normalized spacial score (nSPS) is 13.4. The molecule has 3 rings (SSSR count). The fraction of sp³-hybridized carbons (Fsp3) is 0.476. The molecule has 0 bridgehead atoms. The third-order valence-corrected chi connectivity index (χ3v) is 5.92. The minimum Gasteiger partial charge on any atom is -0.493 e. The summed E-state index contributed by atoms with van der Waals surface area (Å²) in [7, 11) is 4.60. The van der Waals surface area contributed by atoms with E-state index in [1.807, 2.05) is 5.01 Å². The Hall–Kier alpha value is -3.48. The highest BCUT2D eigenvalue weighted by molar-refractivity contribution is 8.14. The van der Waals surface area contributed by atoms with Crippen molar-refractivity contribution in [1.29, 1.82) is 0 Å². The number of hydrogen-bond donors (Lipinski definition) is 1. The molecule has 1 aliphatic rings. The predicted octanol–water partition coefficient (Wildman–Crippen LogP) is 0.229. The molecule has 2 aromatic rings. The van der Waals surface area contributed by atoms with E-state index in [9.17, 15) is 14.4 Å². The molecule has 1 fully saturated rings. The van der Waals surface area contributed by atoms with Crippen LogP contribution in [0.2, 0.25) is 0 Å². The second-order valence-corrected chi connectivity index (χ2v) is 8.51. The quantitative estimate of drug-likeness (QED) is 0.484. The van der Waals surface area contributed by atoms with Crippen molar-refractivity contribution in [3.63, 3.8) is 0 Å². The average molecular weight is 495 g/mol. The van der Waals surface area contributed by atoms with Crippen molar-refractivity contribution in [3.05, 3.63) is 23.9 Å². The van der Waals surface area contributed by atoms with Crippen molar-refractivity contribution in [1.82, 2.24) is 10.2 Å². The topological polar surface area (TPSA) is 127 Å². The number of methoxy groups -OCH3 is 3. The molecule has 0 saturated carbocycles. The van der Waals surface area contributed by atoms with Gasteiger partial charge in [-0.2, -0.15) is 0 Å². The molecule has 12 nitrogen and oxygen atoms in total. The Labute approximate surface area is 201 Å². The van der Waals surface area contributed by atoms with Crippen molar-refractivity contribution in [2.75, 3.05) is 63.6 Å². The molecule has 1 aromatic heterocycles. The predicted molar refractivity (Wildman–Crippen MR) is 123 cm³/mol. The van der Waals surface area contributed by atoms with Crippen LogP contribution in [0.25, 0.3) is 0 Å². The van der Waals surface area contributed by atoms with Gasteiger partial charge in [0.1, 0.15) is 0 Å². The Morgan fingerprint density at radius 1 is 1.09 bits per heavy atom. The van der Waals surface area contributed by atoms with E-state index in [0.29, 0.717) is 43.4 Å². The number of rotatable bonds is 9. The zero-order chi connectivity index (χ0) is 24.7. The molecular formula is C21H28N5O7S+. The summed E-state index contributed by atoms with van der Waals surface area (Å²) in [6.45, 7) is 3.47. The van der Waals surface area contributed by atoms with Gasteiger partial charge < -0.3 is 19.1 Å². The van der Waals surface area contributed by atoms with Crippen LogP contribution in [0.1, 0.15) is 12.5 Å². The molecule has 1 saturated heterocycles. The van der Waals surface area contributed by atoms with Gasteiger partial charge in [-0.1, -0.05) is 11.8 Å². The van der Waals surface area contributed by atoms with Crippen molar-refractivity contribution >= 4 is 34.6 Å². The van der Waals surface area contributed by atoms with Crippen LogP contribution >= 0.6 is 11.8 Å². The summed E-state index contributed by atoms with van der Waals surface area (Å²) in [5, 5.41) is 8.23. The van der Waals surface area contributed by atoms with Gasteiger partial charge >= 0.3 is 5.88 Å². The monoisotopic (exact) mass is 494 g/mol. The average Bonchev–Trinajstić information content (AvgIpc) is 3.30. The number of amides is 2. The van der Waals surface area contributed by atoms with E-state index in [-0.39, 0.29) is 35.0 Å². The maximum absolute atomic E-state index is 12.9. The highest BCUT2D eigenvalue weighted by Crippen LogP contribution is 2.38. The summed E-state index contributed by atoms with van der Waals surface area (Å²) in [5.74, 6) is 1.28. The Morgan fingerprint density at radius 3 is 2.29 bits per heavy atom. The van der Waals surface area contributed by atoms with E-state index in [2.05, 4.69) is 10.6 Å². The van der Waals surface area contributed by atoms with Crippen LogP contribution in [0.3, 0.4) is 0 Å². The number of piperazine rings is 1. The lowest BCUT2D eigenvalue weighted by molar-refractivity contribution is -0.759.